The van der Waals surface area contributed by atoms with Gasteiger partial charge in [-0.1, -0.05) is 17.7 Å². The second-order valence-corrected chi connectivity index (χ2v) is 9.83. The summed E-state index contributed by atoms with van der Waals surface area (Å²) in [5.74, 6) is 0.889. The van der Waals surface area contributed by atoms with Crippen molar-refractivity contribution in [3.05, 3.63) is 64.6 Å². The van der Waals surface area contributed by atoms with Crippen molar-refractivity contribution >= 4 is 40.2 Å². The van der Waals surface area contributed by atoms with Crippen molar-refractivity contribution in [1.82, 2.24) is 24.4 Å². The van der Waals surface area contributed by atoms with E-state index in [0.717, 1.165) is 6.07 Å². The number of fused-ring (bicyclic) bond motifs is 1. The number of morpholine rings is 1. The number of aromatic nitrogens is 4. The molecule has 3 aromatic heterocycles. The minimum absolute atomic E-state index is 0.0326. The van der Waals surface area contributed by atoms with Crippen LogP contribution >= 0.6 is 11.6 Å². The van der Waals surface area contributed by atoms with E-state index in [2.05, 4.69) is 20.3 Å². The molecule has 4 aromatic rings. The Kier molecular flexibility index (Phi) is 7.92. The van der Waals surface area contributed by atoms with Crippen molar-refractivity contribution in [2.24, 2.45) is 7.05 Å². The number of nitrogens with zero attached hydrogens (tertiary/aromatic N) is 5. The predicted molar refractivity (Wildman–Crippen MR) is 143 cm³/mol. The van der Waals surface area contributed by atoms with Crippen LogP contribution in [0.3, 0.4) is 0 Å². The van der Waals surface area contributed by atoms with E-state index in [1.165, 1.54) is 25.4 Å². The highest BCUT2D eigenvalue weighted by Crippen LogP contribution is 2.37. The van der Waals surface area contributed by atoms with Gasteiger partial charge in [0.1, 0.15) is 22.1 Å². The fourth-order valence-corrected chi connectivity index (χ4v) is 4.78. The van der Waals surface area contributed by atoms with Crippen LogP contribution in [0.5, 0.6) is 11.5 Å². The fraction of sp³-hybridized carbons (Fsp3) is 0.333. The van der Waals surface area contributed by atoms with Crippen molar-refractivity contribution in [3.8, 4) is 11.5 Å². The number of halogens is 4. The zero-order valence-corrected chi connectivity index (χ0v) is 22.5. The van der Waals surface area contributed by atoms with Crippen LogP contribution in [0.15, 0.2) is 42.7 Å². The third-order valence-electron chi connectivity index (χ3n) is 6.42. The molecule has 0 amide bonds. The molecule has 9 nitrogen and oxygen atoms in total. The van der Waals surface area contributed by atoms with Crippen LogP contribution in [0.1, 0.15) is 23.7 Å². The van der Waals surface area contributed by atoms with Gasteiger partial charge in [-0.3, -0.25) is 14.7 Å². The first-order chi connectivity index (χ1) is 19.1. The number of Topliss-reactive ketones (excluding diaryl/α,β-unsaturated/α-hetero) is 1. The monoisotopic (exact) mass is 574 g/mol. The lowest BCUT2D eigenvalue weighted by Crippen LogP contribution is -2.36. The summed E-state index contributed by atoms with van der Waals surface area (Å²) in [6, 6.07) is 7.42. The van der Waals surface area contributed by atoms with E-state index in [9.17, 15) is 18.0 Å². The van der Waals surface area contributed by atoms with Crippen molar-refractivity contribution in [3.63, 3.8) is 0 Å². The number of hydrogen-bond acceptors (Lipinski definition) is 8. The highest BCUT2D eigenvalue weighted by atomic mass is 35.5. The molecule has 40 heavy (non-hydrogen) atoms. The molecule has 13 heteroatoms. The largest absolute Gasteiger partial charge is 0.454 e. The third-order valence-corrected chi connectivity index (χ3v) is 6.79. The lowest BCUT2D eigenvalue weighted by Gasteiger charge is -2.27. The summed E-state index contributed by atoms with van der Waals surface area (Å²) in [6.45, 7) is 3.82. The Labute approximate surface area is 232 Å². The number of nitrogens with one attached hydrogen (secondary N) is 1. The van der Waals surface area contributed by atoms with Gasteiger partial charge < -0.3 is 19.4 Å². The zero-order chi connectivity index (χ0) is 28.4. The van der Waals surface area contributed by atoms with Crippen molar-refractivity contribution < 1.29 is 27.4 Å². The Balaban J connectivity index is 1.41. The number of benzene rings is 1. The first-order valence-electron chi connectivity index (χ1n) is 12.5. The van der Waals surface area contributed by atoms with Gasteiger partial charge in [-0.2, -0.15) is 18.2 Å². The van der Waals surface area contributed by atoms with Gasteiger partial charge in [-0.05, 0) is 30.7 Å². The van der Waals surface area contributed by atoms with Gasteiger partial charge >= 0.3 is 6.18 Å². The normalized spacial score (nSPS) is 14.4. The van der Waals surface area contributed by atoms with Gasteiger partial charge in [-0.25, -0.2) is 4.98 Å². The summed E-state index contributed by atoms with van der Waals surface area (Å²) in [6.07, 6.45) is -1.42. The number of imidazole rings is 1. The summed E-state index contributed by atoms with van der Waals surface area (Å²) >= 11 is 6.65. The number of anilines is 2. The van der Waals surface area contributed by atoms with Crippen LogP contribution < -0.4 is 10.1 Å². The molecule has 1 N–H and O–H groups in total. The lowest BCUT2D eigenvalue weighted by molar-refractivity contribution is -0.138. The van der Waals surface area contributed by atoms with Crippen molar-refractivity contribution in [2.75, 3.05) is 31.6 Å². The molecule has 0 spiro atoms. The van der Waals surface area contributed by atoms with Gasteiger partial charge in [0.2, 0.25) is 5.95 Å². The van der Waals surface area contributed by atoms with Crippen LogP contribution in [-0.4, -0.2) is 56.5 Å². The maximum atomic E-state index is 14.0. The number of aryl methyl sites for hydroxylation is 1. The number of rotatable bonds is 8. The molecule has 1 aromatic carbocycles. The van der Waals surface area contributed by atoms with Gasteiger partial charge in [-0.15, -0.1) is 0 Å². The third kappa shape index (κ3) is 6.19. The SMILES string of the molecule is CC(=O)Cc1cc(Oc2cnc3nc(Nc4ccc(CN5CCOCC5)c(C(F)(F)F)c4)n(C)c3c2Cl)ccn1. The number of ketones is 1. The summed E-state index contributed by atoms with van der Waals surface area (Å²) in [5.41, 5.74) is 0.972. The first-order valence-corrected chi connectivity index (χ1v) is 12.9. The van der Waals surface area contributed by atoms with E-state index >= 15 is 0 Å². The molecule has 210 valence electrons. The molecular weight excluding hydrogens is 549 g/mol. The second kappa shape index (κ2) is 11.4. The summed E-state index contributed by atoms with van der Waals surface area (Å²) in [5, 5.41) is 3.18. The molecule has 0 saturated carbocycles. The van der Waals surface area contributed by atoms with Crippen LogP contribution in [0.2, 0.25) is 5.02 Å². The summed E-state index contributed by atoms with van der Waals surface area (Å²) < 4.78 is 54.7. The molecule has 1 saturated heterocycles. The number of pyridine rings is 2. The number of alkyl halides is 3. The van der Waals surface area contributed by atoms with Crippen LogP contribution in [0.25, 0.3) is 11.2 Å². The average Bonchev–Trinajstić information content (AvgIpc) is 3.22. The Hall–Kier alpha value is -3.74. The maximum absolute atomic E-state index is 14.0. The summed E-state index contributed by atoms with van der Waals surface area (Å²) in [7, 11) is 1.67. The van der Waals surface area contributed by atoms with Crippen molar-refractivity contribution in [1.29, 1.82) is 0 Å². The smallest absolute Gasteiger partial charge is 0.416 e. The van der Waals surface area contributed by atoms with E-state index in [1.54, 1.807) is 29.8 Å². The Morgan fingerprint density at radius 3 is 2.67 bits per heavy atom. The minimum Gasteiger partial charge on any atom is -0.454 e. The maximum Gasteiger partial charge on any atom is 0.416 e. The summed E-state index contributed by atoms with van der Waals surface area (Å²) in [4.78, 5) is 26.3. The average molecular weight is 575 g/mol. The van der Waals surface area contributed by atoms with E-state index in [-0.39, 0.29) is 52.4 Å². The highest BCUT2D eigenvalue weighted by Gasteiger charge is 2.34. The molecule has 5 rings (SSSR count). The molecule has 1 aliphatic heterocycles. The number of carbonyl (C=O) groups is 1. The van der Waals surface area contributed by atoms with E-state index < -0.39 is 11.7 Å². The predicted octanol–water partition coefficient (Wildman–Crippen LogP) is 5.54. The lowest BCUT2D eigenvalue weighted by atomic mass is 10.0. The minimum atomic E-state index is -4.53. The molecule has 0 unspecified atom stereocenters. The number of ether oxygens (including phenoxy) is 2. The molecule has 1 aliphatic rings. The number of hydrogen-bond donors (Lipinski definition) is 1. The molecule has 0 atom stereocenters. The van der Waals surface area contributed by atoms with Gasteiger partial charge in [0, 0.05) is 51.1 Å². The van der Waals surface area contributed by atoms with E-state index in [1.807, 2.05) is 4.90 Å². The Morgan fingerprint density at radius 2 is 1.95 bits per heavy atom. The fourth-order valence-electron chi connectivity index (χ4n) is 4.48. The van der Waals surface area contributed by atoms with E-state index in [0.29, 0.717) is 43.3 Å². The van der Waals surface area contributed by atoms with Gasteiger partial charge in [0.05, 0.1) is 30.7 Å². The quantitative estimate of drug-likeness (QED) is 0.293. The first kappa shape index (κ1) is 27.8. The molecule has 0 bridgehead atoms. The topological polar surface area (TPSA) is 94.4 Å². The van der Waals surface area contributed by atoms with E-state index in [4.69, 9.17) is 21.1 Å². The standard InChI is InChI=1S/C27H26ClF3N6O3/c1-16(38)11-19-12-20(5-6-32-19)40-22-14-33-25-24(23(22)28)36(2)26(35-25)34-18-4-3-17(21(13-18)27(29,30)31)15-37-7-9-39-10-8-37/h3-6,12-14H,7-11,15H2,1-2H3,(H,33,34,35). The number of carbonyl (C=O) groups excluding carboxylic acids is 1. The van der Waals surface area contributed by atoms with Crippen LogP contribution in [0.4, 0.5) is 24.8 Å². The molecular formula is C27H26ClF3N6O3. The Bertz CT molecular complexity index is 1550. The zero-order valence-electron chi connectivity index (χ0n) is 21.8. The van der Waals surface area contributed by atoms with Crippen LogP contribution in [0, 0.1) is 0 Å². The highest BCUT2D eigenvalue weighted by molar-refractivity contribution is 6.36. The molecule has 0 radical (unpaired) electrons. The molecule has 0 aliphatic carbocycles. The second-order valence-electron chi connectivity index (χ2n) is 9.45. The molecule has 4 heterocycles. The molecule has 1 fully saturated rings. The van der Waals surface area contributed by atoms with Gasteiger partial charge in [0.15, 0.2) is 11.4 Å². The van der Waals surface area contributed by atoms with Gasteiger partial charge in [0.25, 0.3) is 0 Å². The van der Waals surface area contributed by atoms with Crippen molar-refractivity contribution in [2.45, 2.75) is 26.1 Å². The Morgan fingerprint density at radius 1 is 1.18 bits per heavy atom. The van der Waals surface area contributed by atoms with Crippen LogP contribution in [-0.2, 0) is 35.7 Å².